The Morgan fingerprint density at radius 3 is 2.75 bits per heavy atom. The molecule has 2 rings (SSSR count). The normalized spacial score (nSPS) is 18.1. The molecule has 8 heteroatoms. The van der Waals surface area contributed by atoms with Gasteiger partial charge in [0, 0.05) is 24.8 Å². The van der Waals surface area contributed by atoms with Crippen molar-refractivity contribution in [3.8, 4) is 0 Å². The van der Waals surface area contributed by atoms with Crippen molar-refractivity contribution in [2.24, 2.45) is 5.73 Å². The molecule has 0 fully saturated rings. The van der Waals surface area contributed by atoms with E-state index in [0.29, 0.717) is 13.2 Å². The van der Waals surface area contributed by atoms with Crippen LogP contribution in [0.25, 0.3) is 0 Å². The zero-order valence-electron chi connectivity index (χ0n) is 11.2. The third kappa shape index (κ3) is 2.92. The minimum absolute atomic E-state index is 0.237. The van der Waals surface area contributed by atoms with Gasteiger partial charge in [0.25, 0.3) is 5.91 Å². The summed E-state index contributed by atoms with van der Waals surface area (Å²) in [6.07, 6.45) is 1.16. The fourth-order valence-corrected chi connectivity index (χ4v) is 3.93. The fourth-order valence-electron chi connectivity index (χ4n) is 2.01. The third-order valence-electron chi connectivity index (χ3n) is 2.97. The molecule has 1 aromatic rings. The van der Waals surface area contributed by atoms with Crippen molar-refractivity contribution in [2.45, 2.75) is 15.2 Å². The fraction of sp³-hybridized carbons (Fsp3) is 0.417. The van der Waals surface area contributed by atoms with Crippen molar-refractivity contribution < 1.29 is 17.9 Å². The average Bonchev–Trinajstić information content (AvgIpc) is 2.73. The Hall–Kier alpha value is -1.25. The first-order valence-corrected chi connectivity index (χ1v) is 8.67. The molecule has 0 radical (unpaired) electrons. The first kappa shape index (κ1) is 15.1. The summed E-state index contributed by atoms with van der Waals surface area (Å²) < 4.78 is 28.2. The molecule has 1 aromatic carbocycles. The van der Waals surface area contributed by atoms with Crippen molar-refractivity contribution in [2.75, 3.05) is 31.4 Å². The van der Waals surface area contributed by atoms with Crippen LogP contribution in [0, 0.1) is 0 Å². The molecule has 1 aliphatic heterocycles. The van der Waals surface area contributed by atoms with E-state index in [1.807, 2.05) is 4.90 Å². The highest BCUT2D eigenvalue weighted by Crippen LogP contribution is 2.44. The van der Waals surface area contributed by atoms with E-state index >= 15 is 0 Å². The maximum atomic E-state index is 11.6. The highest BCUT2D eigenvalue weighted by Gasteiger charge is 2.34. The molecule has 20 heavy (non-hydrogen) atoms. The summed E-state index contributed by atoms with van der Waals surface area (Å²) in [5, 5.41) is -0.532. The molecule has 0 aromatic heterocycles. The van der Waals surface area contributed by atoms with Gasteiger partial charge in [-0.2, -0.15) is 0 Å². The van der Waals surface area contributed by atoms with E-state index in [-0.39, 0.29) is 4.90 Å². The van der Waals surface area contributed by atoms with Crippen LogP contribution >= 0.6 is 11.8 Å². The number of benzene rings is 1. The quantitative estimate of drug-likeness (QED) is 0.849. The summed E-state index contributed by atoms with van der Waals surface area (Å²) in [5.41, 5.74) is 6.21. The molecular formula is C12H16N2O4S2. The summed E-state index contributed by atoms with van der Waals surface area (Å²) in [5.74, 6) is -0.455. The Morgan fingerprint density at radius 1 is 1.50 bits per heavy atom. The molecule has 1 amide bonds. The van der Waals surface area contributed by atoms with Crippen LogP contribution < -0.4 is 10.6 Å². The molecule has 110 valence electrons. The maximum absolute atomic E-state index is 11.6. The van der Waals surface area contributed by atoms with Crippen molar-refractivity contribution >= 4 is 33.2 Å². The number of sulfone groups is 1. The number of anilines is 1. The number of hydrogen-bond acceptors (Lipinski definition) is 6. The van der Waals surface area contributed by atoms with Crippen LogP contribution in [0.5, 0.6) is 0 Å². The number of hydrogen-bond donors (Lipinski definition) is 1. The first-order chi connectivity index (χ1) is 9.34. The zero-order chi connectivity index (χ0) is 14.9. The van der Waals surface area contributed by atoms with Crippen molar-refractivity contribution in [1.82, 2.24) is 0 Å². The molecule has 6 nitrogen and oxygen atoms in total. The number of amides is 1. The molecule has 0 bridgehead atoms. The molecular weight excluding hydrogens is 300 g/mol. The number of ether oxygens (including phenoxy) is 1. The van der Waals surface area contributed by atoms with Gasteiger partial charge in [-0.05, 0) is 18.2 Å². The van der Waals surface area contributed by atoms with Crippen LogP contribution in [-0.4, -0.2) is 46.2 Å². The molecule has 1 aliphatic rings. The van der Waals surface area contributed by atoms with Gasteiger partial charge in [-0.3, -0.25) is 4.79 Å². The number of thioether (sulfide) groups is 1. The largest absolute Gasteiger partial charge is 0.383 e. The molecule has 1 atom stereocenters. The smallest absolute Gasteiger partial charge is 0.251 e. The number of fused-ring (bicyclic) bond motifs is 1. The van der Waals surface area contributed by atoms with E-state index in [0.717, 1.165) is 16.8 Å². The second kappa shape index (κ2) is 5.63. The van der Waals surface area contributed by atoms with E-state index in [9.17, 15) is 13.2 Å². The predicted octanol–water partition coefficient (Wildman–Crippen LogP) is 0.460. The van der Waals surface area contributed by atoms with Crippen molar-refractivity contribution in [3.05, 3.63) is 18.2 Å². The number of carbonyl (C=O) groups is 1. The summed E-state index contributed by atoms with van der Waals surface area (Å²) in [6.45, 7) is 0.972. The minimum atomic E-state index is -3.27. The summed E-state index contributed by atoms with van der Waals surface area (Å²) >= 11 is 1.26. The Balaban J connectivity index is 2.39. The molecule has 0 spiro atoms. The number of nitrogens with zero attached hydrogens (tertiary/aromatic N) is 1. The maximum Gasteiger partial charge on any atom is 0.251 e. The SMILES string of the molecule is COCCN1c2ccc(S(C)(=O)=O)cc2SC1C(N)=O. The lowest BCUT2D eigenvalue weighted by atomic mass is 10.3. The van der Waals surface area contributed by atoms with Gasteiger partial charge in [-0.1, -0.05) is 11.8 Å². The molecule has 2 N–H and O–H groups in total. The van der Waals surface area contributed by atoms with Gasteiger partial charge in [-0.15, -0.1) is 0 Å². The van der Waals surface area contributed by atoms with Gasteiger partial charge in [0.2, 0.25) is 0 Å². The van der Waals surface area contributed by atoms with E-state index < -0.39 is 21.1 Å². The van der Waals surface area contributed by atoms with Gasteiger partial charge in [-0.25, -0.2) is 8.42 Å². The lowest BCUT2D eigenvalue weighted by Crippen LogP contribution is -2.41. The Morgan fingerprint density at radius 2 is 2.20 bits per heavy atom. The van der Waals surface area contributed by atoms with E-state index in [1.165, 1.54) is 17.8 Å². The van der Waals surface area contributed by atoms with E-state index in [1.54, 1.807) is 19.2 Å². The molecule has 1 heterocycles. The first-order valence-electron chi connectivity index (χ1n) is 5.90. The number of methoxy groups -OCH3 is 1. The topological polar surface area (TPSA) is 89.7 Å². The highest BCUT2D eigenvalue weighted by molar-refractivity contribution is 8.01. The zero-order valence-corrected chi connectivity index (χ0v) is 12.8. The Kier molecular flexibility index (Phi) is 4.26. The van der Waals surface area contributed by atoms with Crippen LogP contribution in [-0.2, 0) is 19.4 Å². The second-order valence-corrected chi connectivity index (χ2v) is 7.60. The lowest BCUT2D eigenvalue weighted by Gasteiger charge is -2.23. The standard InChI is InChI=1S/C12H16N2O4S2/c1-18-6-5-14-9-4-3-8(20(2,16)17)7-10(9)19-12(14)11(13)15/h3-4,7,12H,5-6H2,1-2H3,(H2,13,15). The second-order valence-electron chi connectivity index (χ2n) is 4.46. The van der Waals surface area contributed by atoms with Crippen molar-refractivity contribution in [3.63, 3.8) is 0 Å². The number of nitrogens with two attached hydrogens (primary N) is 1. The summed E-state index contributed by atoms with van der Waals surface area (Å²) in [7, 11) is -1.69. The van der Waals surface area contributed by atoms with Crippen LogP contribution in [0.1, 0.15) is 0 Å². The van der Waals surface area contributed by atoms with Gasteiger partial charge in [0.15, 0.2) is 15.2 Å². The van der Waals surface area contributed by atoms with Gasteiger partial charge in [0.05, 0.1) is 17.2 Å². The van der Waals surface area contributed by atoms with Gasteiger partial charge in [0.1, 0.15) is 0 Å². The molecule has 0 saturated heterocycles. The summed E-state index contributed by atoms with van der Waals surface area (Å²) in [6, 6.07) is 4.83. The predicted molar refractivity (Wildman–Crippen MR) is 77.6 cm³/mol. The highest BCUT2D eigenvalue weighted by atomic mass is 32.2. The molecule has 0 saturated carbocycles. The summed E-state index contributed by atoms with van der Waals surface area (Å²) in [4.78, 5) is 14.3. The van der Waals surface area contributed by atoms with Crippen LogP contribution in [0.2, 0.25) is 0 Å². The van der Waals surface area contributed by atoms with E-state index in [2.05, 4.69) is 0 Å². The molecule has 1 unspecified atom stereocenters. The van der Waals surface area contributed by atoms with Crippen LogP contribution in [0.4, 0.5) is 5.69 Å². The molecule has 0 aliphatic carbocycles. The minimum Gasteiger partial charge on any atom is -0.383 e. The number of primary amides is 1. The average molecular weight is 316 g/mol. The van der Waals surface area contributed by atoms with Gasteiger partial charge >= 0.3 is 0 Å². The lowest BCUT2D eigenvalue weighted by molar-refractivity contribution is -0.117. The number of carbonyl (C=O) groups excluding carboxylic acids is 1. The Bertz CT molecular complexity index is 630. The number of rotatable bonds is 5. The van der Waals surface area contributed by atoms with Crippen molar-refractivity contribution in [1.29, 1.82) is 0 Å². The monoisotopic (exact) mass is 316 g/mol. The Labute approximate surface area is 122 Å². The van der Waals surface area contributed by atoms with Crippen LogP contribution in [0.15, 0.2) is 28.0 Å². The van der Waals surface area contributed by atoms with E-state index in [4.69, 9.17) is 10.5 Å². The van der Waals surface area contributed by atoms with Crippen LogP contribution in [0.3, 0.4) is 0 Å². The third-order valence-corrected chi connectivity index (χ3v) is 5.37. The van der Waals surface area contributed by atoms with Gasteiger partial charge < -0.3 is 15.4 Å².